The summed E-state index contributed by atoms with van der Waals surface area (Å²) in [7, 11) is 1.65. The van der Waals surface area contributed by atoms with E-state index < -0.39 is 0 Å². The number of fused-ring (bicyclic) bond motifs is 1. The summed E-state index contributed by atoms with van der Waals surface area (Å²) in [6.45, 7) is 4.36. The third-order valence-electron chi connectivity index (χ3n) is 6.16. The number of likely N-dealkylation sites (tertiary alicyclic amines) is 1. The molecule has 1 aliphatic rings. The molecule has 2 heterocycles. The molecule has 4 rings (SSSR count). The van der Waals surface area contributed by atoms with Crippen LogP contribution in [-0.4, -0.2) is 42.0 Å². The minimum atomic E-state index is -0.131. The highest BCUT2D eigenvalue weighted by atomic mass is 16.5. The summed E-state index contributed by atoms with van der Waals surface area (Å²) < 4.78 is 5.37. The summed E-state index contributed by atoms with van der Waals surface area (Å²) in [6.07, 6.45) is 4.31. The Morgan fingerprint density at radius 1 is 1.17 bits per heavy atom. The van der Waals surface area contributed by atoms with Gasteiger partial charge >= 0.3 is 0 Å². The quantitative estimate of drug-likeness (QED) is 0.666. The maximum atomic E-state index is 12.7. The fourth-order valence-electron chi connectivity index (χ4n) is 4.37. The van der Waals surface area contributed by atoms with Gasteiger partial charge in [-0.1, -0.05) is 36.4 Å². The van der Waals surface area contributed by atoms with Gasteiger partial charge in [-0.25, -0.2) is 0 Å². The number of carbonyl (C=O) groups is 1. The predicted octanol–water partition coefficient (Wildman–Crippen LogP) is 4.06. The highest BCUT2D eigenvalue weighted by Gasteiger charge is 2.28. The molecule has 5 nitrogen and oxygen atoms in total. The van der Waals surface area contributed by atoms with Crippen LogP contribution in [0.5, 0.6) is 5.75 Å². The molecule has 2 aromatic carbocycles. The molecule has 1 fully saturated rings. The molecule has 1 amide bonds. The highest BCUT2D eigenvalue weighted by Crippen LogP contribution is 2.33. The second-order valence-corrected chi connectivity index (χ2v) is 7.81. The Kier molecular flexibility index (Phi) is 5.86. The second-order valence-electron chi connectivity index (χ2n) is 7.81. The van der Waals surface area contributed by atoms with Crippen LogP contribution in [0.1, 0.15) is 36.8 Å². The number of amides is 1. The topological polar surface area (TPSA) is 57.4 Å². The van der Waals surface area contributed by atoms with Gasteiger partial charge in [0, 0.05) is 29.2 Å². The Balaban J connectivity index is 1.32. The molecule has 1 unspecified atom stereocenters. The molecule has 1 atom stereocenters. The zero-order valence-electron chi connectivity index (χ0n) is 17.2. The van der Waals surface area contributed by atoms with E-state index in [1.54, 1.807) is 7.11 Å². The number of carbonyl (C=O) groups excluding carboxylic acids is 1. The van der Waals surface area contributed by atoms with Crippen molar-refractivity contribution >= 4 is 16.8 Å². The number of methoxy groups -OCH3 is 1. The molecule has 3 aromatic rings. The van der Waals surface area contributed by atoms with Gasteiger partial charge in [0.1, 0.15) is 5.75 Å². The number of nitrogens with one attached hydrogen (secondary N) is 2. The Morgan fingerprint density at radius 2 is 1.90 bits per heavy atom. The van der Waals surface area contributed by atoms with E-state index in [1.807, 2.05) is 31.2 Å². The number of rotatable bonds is 6. The van der Waals surface area contributed by atoms with E-state index in [-0.39, 0.29) is 11.9 Å². The number of nitrogens with zero attached hydrogens (tertiary/aromatic N) is 1. The van der Waals surface area contributed by atoms with Gasteiger partial charge in [-0.3, -0.25) is 9.69 Å². The average Bonchev–Trinajstić information content (AvgIpc) is 3.21. The Morgan fingerprint density at radius 3 is 2.69 bits per heavy atom. The molecule has 0 spiro atoms. The smallest absolute Gasteiger partial charge is 0.237 e. The van der Waals surface area contributed by atoms with Gasteiger partial charge < -0.3 is 15.0 Å². The van der Waals surface area contributed by atoms with Gasteiger partial charge in [0.05, 0.1) is 13.2 Å². The second kappa shape index (κ2) is 8.70. The number of ether oxygens (including phenoxy) is 1. The zero-order valence-corrected chi connectivity index (χ0v) is 17.2. The first-order chi connectivity index (χ1) is 14.2. The van der Waals surface area contributed by atoms with Gasteiger partial charge in [0.15, 0.2) is 0 Å². The van der Waals surface area contributed by atoms with Crippen molar-refractivity contribution in [2.45, 2.75) is 38.3 Å². The largest absolute Gasteiger partial charge is 0.496 e. The fraction of sp³-hybridized carbons (Fsp3) is 0.375. The first kappa shape index (κ1) is 19.5. The molecule has 29 heavy (non-hydrogen) atoms. The lowest BCUT2D eigenvalue weighted by Crippen LogP contribution is -2.47. The van der Waals surface area contributed by atoms with Crippen LogP contribution >= 0.6 is 0 Å². The van der Waals surface area contributed by atoms with Crippen molar-refractivity contribution in [3.05, 3.63) is 65.9 Å². The van der Waals surface area contributed by atoms with Crippen molar-refractivity contribution < 1.29 is 9.53 Å². The Bertz CT molecular complexity index is 973. The number of aromatic amines is 1. The summed E-state index contributed by atoms with van der Waals surface area (Å²) in [6, 6.07) is 16.2. The van der Waals surface area contributed by atoms with Crippen LogP contribution in [0.15, 0.2) is 54.7 Å². The highest BCUT2D eigenvalue weighted by molar-refractivity contribution is 5.83. The van der Waals surface area contributed by atoms with E-state index in [9.17, 15) is 4.79 Å². The van der Waals surface area contributed by atoms with E-state index >= 15 is 0 Å². The van der Waals surface area contributed by atoms with Crippen LogP contribution in [0.2, 0.25) is 0 Å². The number of aromatic nitrogens is 1. The summed E-state index contributed by atoms with van der Waals surface area (Å²) in [5, 5.41) is 4.40. The molecule has 0 saturated carbocycles. The molecule has 152 valence electrons. The lowest BCUT2D eigenvalue weighted by molar-refractivity contribution is -0.126. The summed E-state index contributed by atoms with van der Waals surface area (Å²) in [4.78, 5) is 18.4. The molecule has 1 saturated heterocycles. The summed E-state index contributed by atoms with van der Waals surface area (Å²) >= 11 is 0. The van der Waals surface area contributed by atoms with Crippen LogP contribution in [-0.2, 0) is 11.3 Å². The van der Waals surface area contributed by atoms with E-state index in [0.29, 0.717) is 12.5 Å². The molecule has 0 bridgehead atoms. The molecule has 5 heteroatoms. The van der Waals surface area contributed by atoms with Crippen molar-refractivity contribution in [2.75, 3.05) is 20.2 Å². The molecule has 1 aromatic heterocycles. The minimum Gasteiger partial charge on any atom is -0.496 e. The van der Waals surface area contributed by atoms with Crippen LogP contribution < -0.4 is 10.1 Å². The number of H-pyrrole nitrogens is 1. The normalized spacial score (nSPS) is 16.6. The van der Waals surface area contributed by atoms with Crippen molar-refractivity contribution in [3.8, 4) is 5.75 Å². The van der Waals surface area contributed by atoms with Gasteiger partial charge in [0.25, 0.3) is 0 Å². The maximum Gasteiger partial charge on any atom is 0.237 e. The van der Waals surface area contributed by atoms with Crippen LogP contribution in [0.4, 0.5) is 0 Å². The summed E-state index contributed by atoms with van der Waals surface area (Å²) in [5.41, 5.74) is 3.61. The number of para-hydroxylation sites is 2. The number of benzene rings is 2. The van der Waals surface area contributed by atoms with Crippen molar-refractivity contribution in [3.63, 3.8) is 0 Å². The number of piperidine rings is 1. The maximum absolute atomic E-state index is 12.7. The standard InChI is InChI=1S/C24H29N3O2/c1-17(24(28)26-15-19-7-3-6-10-23(19)29-2)27-13-11-18(12-14-27)21-16-25-22-9-5-4-8-20(21)22/h3-10,16-18,25H,11-15H2,1-2H3,(H,26,28). The van der Waals surface area contributed by atoms with Crippen molar-refractivity contribution in [1.82, 2.24) is 15.2 Å². The molecular weight excluding hydrogens is 362 g/mol. The molecule has 2 N–H and O–H groups in total. The summed E-state index contributed by atoms with van der Waals surface area (Å²) in [5.74, 6) is 1.42. The zero-order chi connectivity index (χ0) is 20.2. The number of hydrogen-bond acceptors (Lipinski definition) is 3. The Labute approximate surface area is 172 Å². The van der Waals surface area contributed by atoms with Gasteiger partial charge in [-0.15, -0.1) is 0 Å². The number of hydrogen-bond donors (Lipinski definition) is 2. The van der Waals surface area contributed by atoms with E-state index in [2.05, 4.69) is 45.7 Å². The minimum absolute atomic E-state index is 0.0708. The molecule has 0 aliphatic carbocycles. The fourth-order valence-corrected chi connectivity index (χ4v) is 4.37. The van der Waals surface area contributed by atoms with Crippen LogP contribution in [0.3, 0.4) is 0 Å². The van der Waals surface area contributed by atoms with Crippen LogP contribution in [0, 0.1) is 0 Å². The first-order valence-corrected chi connectivity index (χ1v) is 10.4. The van der Waals surface area contributed by atoms with Gasteiger partial charge in [-0.2, -0.15) is 0 Å². The first-order valence-electron chi connectivity index (χ1n) is 10.4. The third-order valence-corrected chi connectivity index (χ3v) is 6.16. The van der Waals surface area contributed by atoms with E-state index in [1.165, 1.54) is 16.5 Å². The van der Waals surface area contributed by atoms with Crippen LogP contribution in [0.25, 0.3) is 10.9 Å². The SMILES string of the molecule is COc1ccccc1CNC(=O)C(C)N1CCC(c2c[nH]c3ccccc23)CC1. The van der Waals surface area contributed by atoms with Gasteiger partial charge in [0.2, 0.25) is 5.91 Å². The third kappa shape index (κ3) is 4.15. The molecular formula is C24H29N3O2. The Hall–Kier alpha value is -2.79. The molecule has 1 aliphatic heterocycles. The lowest BCUT2D eigenvalue weighted by Gasteiger charge is -2.35. The van der Waals surface area contributed by atoms with E-state index in [4.69, 9.17) is 4.74 Å². The average molecular weight is 392 g/mol. The van der Waals surface area contributed by atoms with E-state index in [0.717, 1.165) is 37.2 Å². The van der Waals surface area contributed by atoms with Gasteiger partial charge in [-0.05, 0) is 56.5 Å². The monoisotopic (exact) mass is 391 g/mol. The lowest BCUT2D eigenvalue weighted by atomic mass is 9.88. The van der Waals surface area contributed by atoms with Crippen molar-refractivity contribution in [1.29, 1.82) is 0 Å². The van der Waals surface area contributed by atoms with Crippen molar-refractivity contribution in [2.24, 2.45) is 0 Å². The predicted molar refractivity (Wildman–Crippen MR) is 116 cm³/mol. The molecule has 0 radical (unpaired) electrons.